The Morgan fingerprint density at radius 3 is 2.00 bits per heavy atom. The molecule has 0 aliphatic rings. The van der Waals surface area contributed by atoms with Gasteiger partial charge in [-0.1, -0.05) is 12.1 Å². The van der Waals surface area contributed by atoms with Crippen LogP contribution in [-0.2, 0) is 0 Å². The molecule has 25 heavy (non-hydrogen) atoms. The summed E-state index contributed by atoms with van der Waals surface area (Å²) in [5, 5.41) is 0. The maximum Gasteiger partial charge on any atom is 0.203 e. The molecule has 2 N–H and O–H groups in total. The van der Waals surface area contributed by atoms with Crippen LogP contribution >= 0.6 is 0 Å². The summed E-state index contributed by atoms with van der Waals surface area (Å²) in [6.07, 6.45) is 3.40. The van der Waals surface area contributed by atoms with Crippen molar-refractivity contribution in [1.29, 1.82) is 0 Å². The standard InChI is InChI=1S/C19H19N3O3/c1-23-17-8-13(9-18(24-2)19(17)25-3)16-11-21-10-15(22-16)12-5-4-6-14(20)7-12/h4-11H,20H2,1-3H3. The average Bonchev–Trinajstić information content (AvgIpc) is 2.66. The molecule has 128 valence electrons. The fourth-order valence-electron chi connectivity index (χ4n) is 2.57. The number of ether oxygens (including phenoxy) is 3. The van der Waals surface area contributed by atoms with Crippen LogP contribution in [0.5, 0.6) is 17.2 Å². The molecule has 0 fully saturated rings. The Morgan fingerprint density at radius 1 is 0.800 bits per heavy atom. The molecule has 3 aromatic rings. The minimum atomic E-state index is 0.536. The van der Waals surface area contributed by atoms with Crippen molar-refractivity contribution in [2.75, 3.05) is 27.1 Å². The van der Waals surface area contributed by atoms with Crippen molar-refractivity contribution in [1.82, 2.24) is 9.97 Å². The van der Waals surface area contributed by atoms with Crippen LogP contribution in [0, 0.1) is 0 Å². The van der Waals surface area contributed by atoms with E-state index in [4.69, 9.17) is 24.9 Å². The van der Waals surface area contributed by atoms with Crippen LogP contribution in [0.2, 0.25) is 0 Å². The van der Waals surface area contributed by atoms with Gasteiger partial charge < -0.3 is 19.9 Å². The van der Waals surface area contributed by atoms with Crippen LogP contribution in [-0.4, -0.2) is 31.3 Å². The van der Waals surface area contributed by atoms with Gasteiger partial charge in [0.05, 0.1) is 45.1 Å². The fourth-order valence-corrected chi connectivity index (χ4v) is 2.57. The van der Waals surface area contributed by atoms with E-state index >= 15 is 0 Å². The quantitative estimate of drug-likeness (QED) is 0.719. The molecule has 3 rings (SSSR count). The monoisotopic (exact) mass is 337 g/mol. The fraction of sp³-hybridized carbons (Fsp3) is 0.158. The predicted octanol–water partition coefficient (Wildman–Crippen LogP) is 3.42. The van der Waals surface area contributed by atoms with E-state index in [0.717, 1.165) is 16.8 Å². The minimum Gasteiger partial charge on any atom is -0.493 e. The van der Waals surface area contributed by atoms with Crippen molar-refractivity contribution in [2.24, 2.45) is 0 Å². The first-order valence-electron chi connectivity index (χ1n) is 7.64. The zero-order chi connectivity index (χ0) is 17.8. The van der Waals surface area contributed by atoms with Gasteiger partial charge in [-0.15, -0.1) is 0 Å². The molecule has 0 saturated heterocycles. The molecule has 0 aliphatic heterocycles. The van der Waals surface area contributed by atoms with Crippen LogP contribution < -0.4 is 19.9 Å². The van der Waals surface area contributed by atoms with E-state index in [2.05, 4.69) is 4.98 Å². The van der Waals surface area contributed by atoms with Gasteiger partial charge in [-0.2, -0.15) is 0 Å². The van der Waals surface area contributed by atoms with Crippen LogP contribution in [0.4, 0.5) is 5.69 Å². The largest absolute Gasteiger partial charge is 0.493 e. The number of nitrogens with two attached hydrogens (primary N) is 1. The van der Waals surface area contributed by atoms with E-state index in [0.29, 0.717) is 28.6 Å². The summed E-state index contributed by atoms with van der Waals surface area (Å²) >= 11 is 0. The number of rotatable bonds is 5. The van der Waals surface area contributed by atoms with E-state index in [9.17, 15) is 0 Å². The first-order chi connectivity index (χ1) is 12.2. The molecule has 0 atom stereocenters. The van der Waals surface area contributed by atoms with Crippen molar-refractivity contribution in [3.8, 4) is 39.8 Å². The molecule has 0 spiro atoms. The highest BCUT2D eigenvalue weighted by atomic mass is 16.5. The number of benzene rings is 2. The average molecular weight is 337 g/mol. The van der Waals surface area contributed by atoms with Gasteiger partial charge in [-0.05, 0) is 24.3 Å². The topological polar surface area (TPSA) is 79.5 Å². The summed E-state index contributed by atoms with van der Waals surface area (Å²) in [7, 11) is 4.73. The summed E-state index contributed by atoms with van der Waals surface area (Å²) in [5.41, 5.74) is 9.68. The number of anilines is 1. The van der Waals surface area contributed by atoms with Crippen molar-refractivity contribution in [3.05, 3.63) is 48.8 Å². The van der Waals surface area contributed by atoms with Crippen LogP contribution in [0.25, 0.3) is 22.5 Å². The van der Waals surface area contributed by atoms with E-state index in [1.807, 2.05) is 36.4 Å². The molecule has 0 saturated carbocycles. The predicted molar refractivity (Wildman–Crippen MR) is 97.0 cm³/mol. The molecule has 0 aliphatic carbocycles. The maximum atomic E-state index is 5.86. The van der Waals surface area contributed by atoms with Gasteiger partial charge in [-0.3, -0.25) is 4.98 Å². The summed E-state index contributed by atoms with van der Waals surface area (Å²) in [6, 6.07) is 11.2. The van der Waals surface area contributed by atoms with E-state index in [1.54, 1.807) is 33.7 Å². The zero-order valence-corrected chi connectivity index (χ0v) is 14.3. The SMILES string of the molecule is COc1cc(-c2cncc(-c3cccc(N)c3)n2)cc(OC)c1OC. The smallest absolute Gasteiger partial charge is 0.203 e. The van der Waals surface area contributed by atoms with E-state index < -0.39 is 0 Å². The Hall–Kier alpha value is -3.28. The van der Waals surface area contributed by atoms with E-state index in [-0.39, 0.29) is 0 Å². The van der Waals surface area contributed by atoms with E-state index in [1.165, 1.54) is 0 Å². The van der Waals surface area contributed by atoms with Crippen molar-refractivity contribution >= 4 is 5.69 Å². The molecule has 0 bridgehead atoms. The Balaban J connectivity index is 2.10. The third-order valence-electron chi connectivity index (χ3n) is 3.78. The molecule has 0 amide bonds. The molecule has 1 aromatic heterocycles. The van der Waals surface area contributed by atoms with Crippen molar-refractivity contribution < 1.29 is 14.2 Å². The summed E-state index contributed by atoms with van der Waals surface area (Å²) < 4.78 is 16.2. The lowest BCUT2D eigenvalue weighted by Crippen LogP contribution is -1.97. The third kappa shape index (κ3) is 3.33. The molecule has 2 aromatic carbocycles. The highest BCUT2D eigenvalue weighted by Crippen LogP contribution is 2.40. The molecule has 0 radical (unpaired) electrons. The lowest BCUT2D eigenvalue weighted by molar-refractivity contribution is 0.324. The molecule has 1 heterocycles. The number of aromatic nitrogens is 2. The van der Waals surface area contributed by atoms with Crippen LogP contribution in [0.1, 0.15) is 0 Å². The molecule has 0 unspecified atom stereocenters. The Kier molecular flexibility index (Phi) is 4.70. The maximum absolute atomic E-state index is 5.86. The zero-order valence-electron chi connectivity index (χ0n) is 14.3. The second-order valence-corrected chi connectivity index (χ2v) is 5.33. The van der Waals surface area contributed by atoms with Gasteiger partial charge in [-0.25, -0.2) is 4.98 Å². The van der Waals surface area contributed by atoms with Gasteiger partial charge in [0.2, 0.25) is 5.75 Å². The lowest BCUT2D eigenvalue weighted by Gasteiger charge is -2.14. The summed E-state index contributed by atoms with van der Waals surface area (Å²) in [4.78, 5) is 9.00. The lowest BCUT2D eigenvalue weighted by atomic mass is 10.1. The number of nitrogen functional groups attached to an aromatic ring is 1. The Morgan fingerprint density at radius 2 is 1.44 bits per heavy atom. The second kappa shape index (κ2) is 7.09. The molecule has 6 heteroatoms. The number of nitrogens with zero attached hydrogens (tertiary/aromatic N) is 2. The van der Waals surface area contributed by atoms with Crippen molar-refractivity contribution in [3.63, 3.8) is 0 Å². The highest BCUT2D eigenvalue weighted by Gasteiger charge is 2.15. The Labute approximate surface area is 146 Å². The van der Waals surface area contributed by atoms with Gasteiger partial charge in [0.1, 0.15) is 0 Å². The summed E-state index contributed by atoms with van der Waals surface area (Å²) in [6.45, 7) is 0. The number of methoxy groups -OCH3 is 3. The molecule has 6 nitrogen and oxygen atoms in total. The number of hydrogen-bond acceptors (Lipinski definition) is 6. The van der Waals surface area contributed by atoms with Gasteiger partial charge in [0.25, 0.3) is 0 Å². The molecular weight excluding hydrogens is 318 g/mol. The summed E-state index contributed by atoms with van der Waals surface area (Å²) in [5.74, 6) is 1.66. The first kappa shape index (κ1) is 16.6. The van der Waals surface area contributed by atoms with Gasteiger partial charge in [0, 0.05) is 16.8 Å². The normalized spacial score (nSPS) is 10.4. The Bertz CT molecular complexity index is 872. The van der Waals surface area contributed by atoms with Crippen LogP contribution in [0.15, 0.2) is 48.8 Å². The highest BCUT2D eigenvalue weighted by molar-refractivity contribution is 5.71. The number of hydrogen-bond donors (Lipinski definition) is 1. The minimum absolute atomic E-state index is 0.536. The second-order valence-electron chi connectivity index (χ2n) is 5.33. The van der Waals surface area contributed by atoms with Crippen LogP contribution in [0.3, 0.4) is 0 Å². The van der Waals surface area contributed by atoms with Gasteiger partial charge in [0.15, 0.2) is 11.5 Å². The van der Waals surface area contributed by atoms with Gasteiger partial charge >= 0.3 is 0 Å². The van der Waals surface area contributed by atoms with Crippen molar-refractivity contribution in [2.45, 2.75) is 0 Å². The first-order valence-corrected chi connectivity index (χ1v) is 7.64. The third-order valence-corrected chi connectivity index (χ3v) is 3.78. The molecular formula is C19H19N3O3.